The smallest absolute Gasteiger partial charge is 0.240 e. The molecule has 0 bridgehead atoms. The number of pyridine rings is 1. The zero-order valence-corrected chi connectivity index (χ0v) is 12.1. The van der Waals surface area contributed by atoms with E-state index < -0.39 is 0 Å². The van der Waals surface area contributed by atoms with E-state index in [4.69, 9.17) is 0 Å². The van der Waals surface area contributed by atoms with Gasteiger partial charge in [-0.05, 0) is 29.2 Å². The lowest BCUT2D eigenvalue weighted by Gasteiger charge is -2.29. The molecule has 1 atom stereocenters. The van der Waals surface area contributed by atoms with Gasteiger partial charge in [-0.1, -0.05) is 30.3 Å². The number of nitrogens with zero attached hydrogens (tertiary/aromatic N) is 2. The van der Waals surface area contributed by atoms with Gasteiger partial charge in [0.15, 0.2) is 0 Å². The molecule has 0 radical (unpaired) electrons. The number of hydrogen-bond acceptors (Lipinski definition) is 3. The number of carbonyl (C=O) groups excluding carboxylic acids is 1. The van der Waals surface area contributed by atoms with Gasteiger partial charge in [-0.15, -0.1) is 0 Å². The summed E-state index contributed by atoms with van der Waals surface area (Å²) in [5, 5.41) is 3.33. The van der Waals surface area contributed by atoms with E-state index in [0.717, 1.165) is 18.5 Å². The number of nitrogens with one attached hydrogen (secondary N) is 1. The van der Waals surface area contributed by atoms with Crippen LogP contribution in [0.4, 0.5) is 0 Å². The molecule has 1 aromatic carbocycles. The SMILES string of the molecule is CN(Cc1cccnc1)C(=O)[C@H]1Cc2ccccc2CN1. The third-order valence-electron chi connectivity index (χ3n) is 3.90. The number of rotatable bonds is 3. The van der Waals surface area contributed by atoms with Crippen molar-refractivity contribution in [3.63, 3.8) is 0 Å². The van der Waals surface area contributed by atoms with E-state index in [1.54, 1.807) is 17.3 Å². The van der Waals surface area contributed by atoms with Gasteiger partial charge in [0.25, 0.3) is 0 Å². The Morgan fingerprint density at radius 3 is 2.86 bits per heavy atom. The van der Waals surface area contributed by atoms with Crippen LogP contribution in [-0.4, -0.2) is 28.9 Å². The number of carbonyl (C=O) groups is 1. The van der Waals surface area contributed by atoms with E-state index in [0.29, 0.717) is 6.54 Å². The number of benzene rings is 1. The number of amides is 1. The van der Waals surface area contributed by atoms with Gasteiger partial charge in [-0.2, -0.15) is 0 Å². The third-order valence-corrected chi connectivity index (χ3v) is 3.90. The van der Waals surface area contributed by atoms with Crippen molar-refractivity contribution in [2.75, 3.05) is 7.05 Å². The summed E-state index contributed by atoms with van der Waals surface area (Å²) in [6, 6.07) is 12.0. The predicted molar refractivity (Wildman–Crippen MR) is 81.5 cm³/mol. The van der Waals surface area contributed by atoms with Crippen molar-refractivity contribution in [2.24, 2.45) is 0 Å². The van der Waals surface area contributed by atoms with E-state index in [9.17, 15) is 4.79 Å². The Labute approximate surface area is 124 Å². The molecule has 1 aliphatic rings. The second kappa shape index (κ2) is 6.06. The third kappa shape index (κ3) is 3.11. The zero-order chi connectivity index (χ0) is 14.7. The van der Waals surface area contributed by atoms with Crippen LogP contribution in [0.1, 0.15) is 16.7 Å². The normalized spacial score (nSPS) is 17.1. The fourth-order valence-corrected chi connectivity index (χ4v) is 2.74. The molecule has 4 nitrogen and oxygen atoms in total. The fourth-order valence-electron chi connectivity index (χ4n) is 2.74. The molecule has 108 valence electrons. The summed E-state index contributed by atoms with van der Waals surface area (Å²) in [7, 11) is 1.84. The summed E-state index contributed by atoms with van der Waals surface area (Å²) >= 11 is 0. The molecule has 0 saturated heterocycles. The molecule has 3 rings (SSSR count). The van der Waals surface area contributed by atoms with Gasteiger partial charge in [0, 0.05) is 32.5 Å². The first kappa shape index (κ1) is 13.8. The Hall–Kier alpha value is -2.20. The molecule has 2 heterocycles. The van der Waals surface area contributed by atoms with Crippen molar-refractivity contribution < 1.29 is 4.79 Å². The number of aromatic nitrogens is 1. The van der Waals surface area contributed by atoms with Crippen LogP contribution in [0.25, 0.3) is 0 Å². The fraction of sp³-hybridized carbons (Fsp3) is 0.294. The Bertz CT molecular complexity index is 627. The van der Waals surface area contributed by atoms with Crippen LogP contribution in [0.3, 0.4) is 0 Å². The largest absolute Gasteiger partial charge is 0.340 e. The zero-order valence-electron chi connectivity index (χ0n) is 12.1. The van der Waals surface area contributed by atoms with Crippen LogP contribution in [0.5, 0.6) is 0 Å². The lowest BCUT2D eigenvalue weighted by molar-refractivity contribution is -0.132. The molecular formula is C17H19N3O. The van der Waals surface area contributed by atoms with Crippen molar-refractivity contribution >= 4 is 5.91 Å². The minimum Gasteiger partial charge on any atom is -0.340 e. The van der Waals surface area contributed by atoms with Crippen LogP contribution in [-0.2, 0) is 24.3 Å². The topological polar surface area (TPSA) is 45.2 Å². The van der Waals surface area contributed by atoms with Gasteiger partial charge in [-0.3, -0.25) is 9.78 Å². The Morgan fingerprint density at radius 1 is 1.29 bits per heavy atom. The average Bonchev–Trinajstić information content (AvgIpc) is 2.54. The van der Waals surface area contributed by atoms with Gasteiger partial charge >= 0.3 is 0 Å². The van der Waals surface area contributed by atoms with E-state index >= 15 is 0 Å². The monoisotopic (exact) mass is 281 g/mol. The molecule has 1 N–H and O–H groups in total. The van der Waals surface area contributed by atoms with Gasteiger partial charge in [-0.25, -0.2) is 0 Å². The molecule has 0 fully saturated rings. The maximum absolute atomic E-state index is 12.6. The summed E-state index contributed by atoms with van der Waals surface area (Å²) in [6.07, 6.45) is 4.30. The second-order valence-electron chi connectivity index (χ2n) is 5.46. The van der Waals surface area contributed by atoms with Crippen LogP contribution in [0.2, 0.25) is 0 Å². The Morgan fingerprint density at radius 2 is 2.10 bits per heavy atom. The number of hydrogen-bond donors (Lipinski definition) is 1. The van der Waals surface area contributed by atoms with Crippen LogP contribution >= 0.6 is 0 Å². The van der Waals surface area contributed by atoms with E-state index in [1.807, 2.05) is 31.3 Å². The minimum absolute atomic E-state index is 0.133. The first-order chi connectivity index (χ1) is 10.2. The minimum atomic E-state index is -0.137. The van der Waals surface area contributed by atoms with Gasteiger partial charge in [0.1, 0.15) is 0 Å². The van der Waals surface area contributed by atoms with Crippen molar-refractivity contribution in [3.05, 3.63) is 65.5 Å². The predicted octanol–water partition coefficient (Wildman–Crippen LogP) is 1.75. The highest BCUT2D eigenvalue weighted by atomic mass is 16.2. The van der Waals surface area contributed by atoms with Crippen molar-refractivity contribution in [1.82, 2.24) is 15.2 Å². The van der Waals surface area contributed by atoms with Crippen molar-refractivity contribution in [1.29, 1.82) is 0 Å². The summed E-state index contributed by atoms with van der Waals surface area (Å²) in [6.45, 7) is 1.35. The highest BCUT2D eigenvalue weighted by molar-refractivity contribution is 5.82. The molecule has 1 aliphatic heterocycles. The highest BCUT2D eigenvalue weighted by Gasteiger charge is 2.26. The maximum atomic E-state index is 12.6. The summed E-state index contributed by atoms with van der Waals surface area (Å²) < 4.78 is 0. The molecule has 0 saturated carbocycles. The lowest BCUT2D eigenvalue weighted by atomic mass is 9.95. The molecule has 0 aliphatic carbocycles. The van der Waals surface area contributed by atoms with E-state index in [1.165, 1.54) is 11.1 Å². The summed E-state index contributed by atoms with van der Waals surface area (Å²) in [5.74, 6) is 0.133. The molecule has 1 aromatic heterocycles. The molecule has 2 aromatic rings. The molecule has 0 spiro atoms. The summed E-state index contributed by atoms with van der Waals surface area (Å²) in [4.78, 5) is 18.4. The molecule has 0 unspecified atom stereocenters. The first-order valence-corrected chi connectivity index (χ1v) is 7.18. The van der Waals surface area contributed by atoms with E-state index in [2.05, 4.69) is 22.4 Å². The van der Waals surface area contributed by atoms with Gasteiger partial charge in [0.05, 0.1) is 6.04 Å². The number of fused-ring (bicyclic) bond motifs is 1. The summed E-state index contributed by atoms with van der Waals surface area (Å²) in [5.41, 5.74) is 3.60. The van der Waals surface area contributed by atoms with Crippen LogP contribution < -0.4 is 5.32 Å². The van der Waals surface area contributed by atoms with Gasteiger partial charge < -0.3 is 10.2 Å². The first-order valence-electron chi connectivity index (χ1n) is 7.18. The lowest BCUT2D eigenvalue weighted by Crippen LogP contribution is -2.48. The Balaban J connectivity index is 1.66. The quantitative estimate of drug-likeness (QED) is 0.932. The number of likely N-dealkylation sites (N-methyl/N-ethyl adjacent to an activating group) is 1. The molecular weight excluding hydrogens is 262 g/mol. The maximum Gasteiger partial charge on any atom is 0.240 e. The molecule has 21 heavy (non-hydrogen) atoms. The highest BCUT2D eigenvalue weighted by Crippen LogP contribution is 2.17. The standard InChI is InChI=1S/C17H19N3O/c1-20(12-13-5-4-8-18-10-13)17(21)16-9-14-6-2-3-7-15(14)11-19-16/h2-8,10,16,19H,9,11-12H2,1H3/t16-/m1/s1. The van der Waals surface area contributed by atoms with Crippen molar-refractivity contribution in [3.8, 4) is 0 Å². The van der Waals surface area contributed by atoms with Crippen LogP contribution in [0, 0.1) is 0 Å². The Kier molecular flexibility index (Phi) is 3.97. The molecule has 4 heteroatoms. The van der Waals surface area contributed by atoms with Gasteiger partial charge in [0.2, 0.25) is 5.91 Å². The van der Waals surface area contributed by atoms with E-state index in [-0.39, 0.29) is 11.9 Å². The van der Waals surface area contributed by atoms with Crippen LogP contribution in [0.15, 0.2) is 48.8 Å². The van der Waals surface area contributed by atoms with Crippen molar-refractivity contribution in [2.45, 2.75) is 25.6 Å². The molecule has 1 amide bonds. The average molecular weight is 281 g/mol. The second-order valence-corrected chi connectivity index (χ2v) is 5.46.